The predicted molar refractivity (Wildman–Crippen MR) is 144 cm³/mol. The third-order valence-corrected chi connectivity index (χ3v) is 11.4. The number of rotatable bonds is 11. The summed E-state index contributed by atoms with van der Waals surface area (Å²) in [5.74, 6) is 0.970. The molecule has 1 aliphatic rings. The van der Waals surface area contributed by atoms with Gasteiger partial charge in [-0.25, -0.2) is 4.79 Å². The molecule has 1 aromatic carbocycles. The highest BCUT2D eigenvalue weighted by atomic mass is 28.4. The molecule has 1 fully saturated rings. The van der Waals surface area contributed by atoms with Crippen molar-refractivity contribution in [2.45, 2.75) is 96.7 Å². The van der Waals surface area contributed by atoms with Crippen molar-refractivity contribution in [3.63, 3.8) is 0 Å². The molecule has 0 bridgehead atoms. The minimum atomic E-state index is -2.05. The lowest BCUT2D eigenvalue weighted by Crippen LogP contribution is -2.70. The summed E-state index contributed by atoms with van der Waals surface area (Å²) in [7, 11) is 1.08. The number of hydrogen-bond donors (Lipinski definition) is 1. The number of methoxy groups -OCH3 is 2. The zero-order valence-electron chi connectivity index (χ0n) is 24.0. The second-order valence-electron chi connectivity index (χ2n) is 12.0. The number of ether oxygens (including phenoxy) is 3. The number of likely N-dealkylation sites (tertiary alicyclic amines) is 1. The number of nitrogens with zero attached hydrogens (tertiary/aromatic N) is 1. The molecule has 0 saturated carbocycles. The van der Waals surface area contributed by atoms with Crippen LogP contribution in [-0.4, -0.2) is 69.5 Å². The van der Waals surface area contributed by atoms with Crippen LogP contribution < -0.4 is 14.8 Å². The molecule has 1 saturated heterocycles. The quantitative estimate of drug-likeness (QED) is 0.324. The number of nitrogens with one attached hydrogen (secondary N) is 1. The lowest BCUT2D eigenvalue weighted by molar-refractivity contribution is -0.153. The average Bonchev–Trinajstić information content (AvgIpc) is 2.79. The van der Waals surface area contributed by atoms with Crippen molar-refractivity contribution in [1.29, 1.82) is 0 Å². The first-order valence-corrected chi connectivity index (χ1v) is 15.6. The zero-order chi connectivity index (χ0) is 28.2. The summed E-state index contributed by atoms with van der Waals surface area (Å²) in [5, 5.41) is 2.70. The fourth-order valence-electron chi connectivity index (χ4n) is 3.74. The SMILES string of the molecule is COc1ccc(CN2C(=O)C(NC(=O)OC(C)(C)C)C2CCC(=O)CO[Si](C)(C)C(C)(C)C)c(OC)c1. The minimum Gasteiger partial charge on any atom is -0.497 e. The Morgan fingerprint density at radius 3 is 2.24 bits per heavy atom. The second-order valence-corrected chi connectivity index (χ2v) is 16.8. The number of benzene rings is 1. The Morgan fingerprint density at radius 2 is 1.70 bits per heavy atom. The molecule has 1 N–H and O–H groups in total. The van der Waals surface area contributed by atoms with E-state index in [1.54, 1.807) is 52.0 Å². The molecule has 1 aliphatic heterocycles. The van der Waals surface area contributed by atoms with Gasteiger partial charge in [0.1, 0.15) is 23.1 Å². The van der Waals surface area contributed by atoms with Crippen LogP contribution in [0.15, 0.2) is 18.2 Å². The first kappa shape index (κ1) is 30.6. The van der Waals surface area contributed by atoms with Crippen molar-refractivity contribution in [3.8, 4) is 11.5 Å². The van der Waals surface area contributed by atoms with Crippen molar-refractivity contribution >= 4 is 26.1 Å². The fraction of sp³-hybridized carbons (Fsp3) is 0.667. The van der Waals surface area contributed by atoms with Gasteiger partial charge in [0.15, 0.2) is 14.1 Å². The van der Waals surface area contributed by atoms with Crippen LogP contribution in [0.3, 0.4) is 0 Å². The molecule has 0 aliphatic carbocycles. The third-order valence-electron chi connectivity index (χ3n) is 6.96. The lowest BCUT2D eigenvalue weighted by atomic mass is 9.89. The summed E-state index contributed by atoms with van der Waals surface area (Å²) in [6, 6.07) is 4.26. The van der Waals surface area contributed by atoms with Crippen molar-refractivity contribution in [2.75, 3.05) is 20.8 Å². The molecule has 208 valence electrons. The van der Waals surface area contributed by atoms with E-state index in [0.717, 1.165) is 5.56 Å². The van der Waals surface area contributed by atoms with E-state index >= 15 is 0 Å². The third kappa shape index (κ3) is 8.20. The minimum absolute atomic E-state index is 0.00429. The van der Waals surface area contributed by atoms with Crippen molar-refractivity contribution in [3.05, 3.63) is 23.8 Å². The normalized spacial score (nSPS) is 18.2. The molecule has 9 nitrogen and oxygen atoms in total. The molecule has 10 heteroatoms. The van der Waals surface area contributed by atoms with E-state index < -0.39 is 26.1 Å². The molecular formula is C27H44N2O7Si. The van der Waals surface area contributed by atoms with Gasteiger partial charge in [0.25, 0.3) is 0 Å². The summed E-state index contributed by atoms with van der Waals surface area (Å²) >= 11 is 0. The highest BCUT2D eigenvalue weighted by molar-refractivity contribution is 6.74. The van der Waals surface area contributed by atoms with E-state index in [-0.39, 0.29) is 42.3 Å². The highest BCUT2D eigenvalue weighted by Gasteiger charge is 2.48. The second kappa shape index (κ2) is 11.9. The number of alkyl carbamates (subject to hydrolysis) is 1. The summed E-state index contributed by atoms with van der Waals surface area (Å²) in [6.07, 6.45) is -0.0372. The molecule has 2 unspecified atom stereocenters. The van der Waals surface area contributed by atoms with Crippen LogP contribution in [-0.2, 0) is 25.3 Å². The number of Topliss-reactive ketones (excluding diaryl/α,β-unsaturated/α-hetero) is 1. The first-order valence-electron chi connectivity index (χ1n) is 12.7. The van der Waals surface area contributed by atoms with Gasteiger partial charge in [0.05, 0.1) is 26.9 Å². The van der Waals surface area contributed by atoms with Gasteiger partial charge in [0.2, 0.25) is 5.91 Å². The maximum atomic E-state index is 13.1. The summed E-state index contributed by atoms with van der Waals surface area (Å²) in [5.41, 5.74) is 0.101. The van der Waals surface area contributed by atoms with Crippen LogP contribution in [0.5, 0.6) is 11.5 Å². The molecule has 1 aromatic rings. The molecule has 0 radical (unpaired) electrons. The molecule has 0 aromatic heterocycles. The van der Waals surface area contributed by atoms with Crippen LogP contribution >= 0.6 is 0 Å². The van der Waals surface area contributed by atoms with Crippen LogP contribution in [0.1, 0.15) is 59.9 Å². The summed E-state index contributed by atoms with van der Waals surface area (Å²) in [4.78, 5) is 39.9. The van der Waals surface area contributed by atoms with Crippen molar-refractivity contribution in [1.82, 2.24) is 10.2 Å². The Bertz CT molecular complexity index is 982. The van der Waals surface area contributed by atoms with Gasteiger partial charge >= 0.3 is 6.09 Å². The Balaban J connectivity index is 2.14. The topological polar surface area (TPSA) is 103 Å². The van der Waals surface area contributed by atoms with Crippen LogP contribution in [0.4, 0.5) is 4.79 Å². The number of β-lactam (4-membered cyclic amide) rings is 1. The number of hydrogen-bond acceptors (Lipinski definition) is 7. The van der Waals surface area contributed by atoms with Gasteiger partial charge in [-0.05, 0) is 57.5 Å². The van der Waals surface area contributed by atoms with E-state index in [1.807, 2.05) is 6.07 Å². The number of carbonyl (C=O) groups excluding carboxylic acids is 3. The molecular weight excluding hydrogens is 492 g/mol. The maximum absolute atomic E-state index is 13.1. The Morgan fingerprint density at radius 1 is 1.05 bits per heavy atom. The van der Waals surface area contributed by atoms with Crippen LogP contribution in [0.25, 0.3) is 0 Å². The Labute approximate surface area is 222 Å². The first-order chi connectivity index (χ1) is 17.0. The largest absolute Gasteiger partial charge is 0.497 e. The molecule has 37 heavy (non-hydrogen) atoms. The van der Waals surface area contributed by atoms with E-state index in [9.17, 15) is 14.4 Å². The number of ketones is 1. The van der Waals surface area contributed by atoms with Crippen LogP contribution in [0.2, 0.25) is 18.1 Å². The molecule has 1 heterocycles. The van der Waals surface area contributed by atoms with E-state index in [4.69, 9.17) is 18.6 Å². The average molecular weight is 537 g/mol. The van der Waals surface area contributed by atoms with Crippen molar-refractivity contribution < 1.29 is 33.0 Å². The van der Waals surface area contributed by atoms with Gasteiger partial charge in [-0.15, -0.1) is 0 Å². The lowest BCUT2D eigenvalue weighted by Gasteiger charge is -2.47. The number of carbonyl (C=O) groups is 3. The zero-order valence-corrected chi connectivity index (χ0v) is 25.0. The smallest absolute Gasteiger partial charge is 0.408 e. The van der Waals surface area contributed by atoms with E-state index in [1.165, 1.54) is 0 Å². The molecule has 2 atom stereocenters. The molecule has 2 rings (SSSR count). The molecule has 0 spiro atoms. The van der Waals surface area contributed by atoms with Gasteiger partial charge < -0.3 is 28.9 Å². The summed E-state index contributed by atoms with van der Waals surface area (Å²) < 4.78 is 22.2. The van der Waals surface area contributed by atoms with Crippen LogP contribution in [0, 0.1) is 0 Å². The van der Waals surface area contributed by atoms with Gasteiger partial charge in [-0.1, -0.05) is 20.8 Å². The monoisotopic (exact) mass is 536 g/mol. The number of amides is 2. The Kier molecular flexibility index (Phi) is 9.81. The summed E-state index contributed by atoms with van der Waals surface area (Å²) in [6.45, 7) is 16.2. The predicted octanol–water partition coefficient (Wildman–Crippen LogP) is 4.68. The van der Waals surface area contributed by atoms with Gasteiger partial charge in [-0.3, -0.25) is 9.59 Å². The molecule has 2 amide bonds. The highest BCUT2D eigenvalue weighted by Crippen LogP contribution is 2.37. The maximum Gasteiger partial charge on any atom is 0.408 e. The van der Waals surface area contributed by atoms with E-state index in [2.05, 4.69) is 39.2 Å². The van der Waals surface area contributed by atoms with Crippen molar-refractivity contribution in [2.24, 2.45) is 0 Å². The Hall–Kier alpha value is -2.59. The standard InChI is InChI=1S/C27H44N2O7Si/c1-26(2,3)36-25(32)28-23-21(14-12-19(30)17-35-37(9,10)27(4,5)6)29(24(23)31)16-18-11-13-20(33-7)15-22(18)34-8/h11,13,15,21,23H,12,14,16-17H2,1-10H3,(H,28,32). The van der Waals surface area contributed by atoms with Gasteiger partial charge in [0, 0.05) is 24.6 Å². The van der Waals surface area contributed by atoms with Gasteiger partial charge in [-0.2, -0.15) is 0 Å². The fourth-order valence-corrected chi connectivity index (χ4v) is 4.69. The van der Waals surface area contributed by atoms with E-state index in [0.29, 0.717) is 17.9 Å².